The van der Waals surface area contributed by atoms with Crippen molar-refractivity contribution in [3.63, 3.8) is 0 Å². The van der Waals surface area contributed by atoms with E-state index < -0.39 is 28.5 Å². The molecule has 0 aliphatic rings. The second-order valence-electron chi connectivity index (χ2n) is 9.36. The molecule has 8 nitrogen and oxygen atoms in total. The molecule has 0 radical (unpaired) electrons. The monoisotopic (exact) mass is 583 g/mol. The van der Waals surface area contributed by atoms with E-state index in [9.17, 15) is 18.0 Å². The number of rotatable bonds is 13. The normalized spacial score (nSPS) is 11.9. The Kier molecular flexibility index (Phi) is 11.0. The zero-order chi connectivity index (χ0) is 29.3. The molecule has 0 aromatic heterocycles. The summed E-state index contributed by atoms with van der Waals surface area (Å²) in [7, 11) is -2.53. The Morgan fingerprint density at radius 1 is 0.975 bits per heavy atom. The van der Waals surface area contributed by atoms with E-state index >= 15 is 0 Å². The van der Waals surface area contributed by atoms with Gasteiger partial charge in [0.2, 0.25) is 11.8 Å². The molecular formula is C30H37N3O5S2. The number of methoxy groups -OCH3 is 1. The molecule has 40 heavy (non-hydrogen) atoms. The summed E-state index contributed by atoms with van der Waals surface area (Å²) in [6.07, 6.45) is 2.66. The van der Waals surface area contributed by atoms with E-state index in [0.717, 1.165) is 26.7 Å². The van der Waals surface area contributed by atoms with Gasteiger partial charge in [-0.2, -0.15) is 0 Å². The number of aryl methyl sites for hydroxylation is 1. The van der Waals surface area contributed by atoms with Gasteiger partial charge >= 0.3 is 0 Å². The summed E-state index contributed by atoms with van der Waals surface area (Å²) < 4.78 is 34.2. The van der Waals surface area contributed by atoms with Gasteiger partial charge in [-0.1, -0.05) is 36.8 Å². The van der Waals surface area contributed by atoms with Gasteiger partial charge in [-0.3, -0.25) is 13.9 Å². The number of sulfonamides is 1. The van der Waals surface area contributed by atoms with E-state index in [2.05, 4.69) is 5.32 Å². The third-order valence-electron chi connectivity index (χ3n) is 6.48. The molecule has 0 aliphatic heterocycles. The Balaban J connectivity index is 2.00. The molecule has 0 saturated carbocycles. The van der Waals surface area contributed by atoms with Crippen LogP contribution in [0.15, 0.2) is 82.6 Å². The highest BCUT2D eigenvalue weighted by molar-refractivity contribution is 7.98. The fourth-order valence-corrected chi connectivity index (χ4v) is 5.84. The van der Waals surface area contributed by atoms with Crippen LogP contribution in [0.4, 0.5) is 5.69 Å². The van der Waals surface area contributed by atoms with Crippen LogP contribution in [0.5, 0.6) is 5.75 Å². The average Bonchev–Trinajstić information content (AvgIpc) is 2.97. The minimum atomic E-state index is -4.10. The molecule has 0 aliphatic carbocycles. The maximum absolute atomic E-state index is 13.9. The number of hydrogen-bond acceptors (Lipinski definition) is 6. The van der Waals surface area contributed by atoms with Gasteiger partial charge in [0.05, 0.1) is 17.7 Å². The molecule has 2 amide bonds. The molecule has 3 aromatic carbocycles. The molecule has 3 aromatic rings. The van der Waals surface area contributed by atoms with Gasteiger partial charge in [0.25, 0.3) is 10.0 Å². The number of hydrogen-bond donors (Lipinski definition) is 1. The molecule has 1 N–H and O–H groups in total. The van der Waals surface area contributed by atoms with Crippen molar-refractivity contribution in [2.75, 3.05) is 30.8 Å². The van der Waals surface area contributed by atoms with Crippen molar-refractivity contribution in [2.24, 2.45) is 0 Å². The highest BCUT2D eigenvalue weighted by Gasteiger charge is 2.32. The molecule has 214 valence electrons. The predicted octanol–water partition coefficient (Wildman–Crippen LogP) is 4.86. The summed E-state index contributed by atoms with van der Waals surface area (Å²) in [6, 6.07) is 19.9. The van der Waals surface area contributed by atoms with Crippen LogP contribution in [0.2, 0.25) is 0 Å². The number of amides is 2. The van der Waals surface area contributed by atoms with Crippen molar-refractivity contribution in [3.8, 4) is 5.75 Å². The molecule has 0 spiro atoms. The van der Waals surface area contributed by atoms with E-state index in [1.807, 2.05) is 32.2 Å². The second kappa shape index (κ2) is 14.2. The summed E-state index contributed by atoms with van der Waals surface area (Å²) in [4.78, 5) is 29.3. The van der Waals surface area contributed by atoms with Crippen LogP contribution in [-0.2, 0) is 26.2 Å². The molecule has 0 fully saturated rings. The number of anilines is 1. The molecule has 3 rings (SSSR count). The molecule has 1 atom stereocenters. The number of carbonyl (C=O) groups excluding carboxylic acids is 2. The molecule has 0 heterocycles. The second-order valence-corrected chi connectivity index (χ2v) is 12.1. The van der Waals surface area contributed by atoms with Crippen LogP contribution in [0.1, 0.15) is 31.4 Å². The van der Waals surface area contributed by atoms with Crippen molar-refractivity contribution < 1.29 is 22.7 Å². The van der Waals surface area contributed by atoms with E-state index in [0.29, 0.717) is 18.0 Å². The Morgan fingerprint density at radius 2 is 1.60 bits per heavy atom. The summed E-state index contributed by atoms with van der Waals surface area (Å²) in [6.45, 7) is 5.62. The van der Waals surface area contributed by atoms with Gasteiger partial charge in [0, 0.05) is 18.0 Å². The van der Waals surface area contributed by atoms with E-state index in [4.69, 9.17) is 4.74 Å². The van der Waals surface area contributed by atoms with Crippen molar-refractivity contribution in [3.05, 3.63) is 83.9 Å². The first-order chi connectivity index (χ1) is 19.1. The van der Waals surface area contributed by atoms with Crippen LogP contribution in [0, 0.1) is 6.92 Å². The third kappa shape index (κ3) is 7.79. The van der Waals surface area contributed by atoms with Crippen LogP contribution in [0.3, 0.4) is 0 Å². The Morgan fingerprint density at radius 3 is 2.15 bits per heavy atom. The molecule has 0 bridgehead atoms. The number of nitrogens with zero attached hydrogens (tertiary/aromatic N) is 2. The lowest BCUT2D eigenvalue weighted by atomic mass is 10.1. The maximum atomic E-state index is 13.9. The van der Waals surface area contributed by atoms with Gasteiger partial charge in [-0.15, -0.1) is 11.8 Å². The van der Waals surface area contributed by atoms with E-state index in [-0.39, 0.29) is 17.3 Å². The largest absolute Gasteiger partial charge is 0.497 e. The van der Waals surface area contributed by atoms with Crippen LogP contribution >= 0.6 is 11.8 Å². The number of benzene rings is 3. The highest BCUT2D eigenvalue weighted by atomic mass is 32.2. The van der Waals surface area contributed by atoms with Crippen LogP contribution in [0.25, 0.3) is 0 Å². The minimum absolute atomic E-state index is 0.0779. The zero-order valence-corrected chi connectivity index (χ0v) is 25.2. The lowest BCUT2D eigenvalue weighted by Gasteiger charge is -2.32. The summed E-state index contributed by atoms with van der Waals surface area (Å²) in [5.74, 6) is -0.138. The van der Waals surface area contributed by atoms with E-state index in [1.54, 1.807) is 74.7 Å². The molecule has 0 saturated heterocycles. The Hall–Kier alpha value is -3.50. The van der Waals surface area contributed by atoms with Crippen molar-refractivity contribution >= 4 is 39.3 Å². The van der Waals surface area contributed by atoms with Gasteiger partial charge < -0.3 is 15.0 Å². The van der Waals surface area contributed by atoms with Crippen molar-refractivity contribution in [1.82, 2.24) is 10.2 Å². The smallest absolute Gasteiger partial charge is 0.264 e. The zero-order valence-electron chi connectivity index (χ0n) is 23.6. The number of nitrogens with one attached hydrogen (secondary N) is 1. The molecular weight excluding hydrogens is 546 g/mol. The first-order valence-corrected chi connectivity index (χ1v) is 15.7. The quantitative estimate of drug-likeness (QED) is 0.289. The molecule has 10 heteroatoms. The Labute approximate surface area is 241 Å². The van der Waals surface area contributed by atoms with E-state index in [1.165, 1.54) is 16.7 Å². The number of carbonyl (C=O) groups is 2. The van der Waals surface area contributed by atoms with Crippen molar-refractivity contribution in [1.29, 1.82) is 0 Å². The third-order valence-corrected chi connectivity index (χ3v) is 9.01. The maximum Gasteiger partial charge on any atom is 0.264 e. The van der Waals surface area contributed by atoms with Gasteiger partial charge in [0.15, 0.2) is 0 Å². The first-order valence-electron chi connectivity index (χ1n) is 13.0. The minimum Gasteiger partial charge on any atom is -0.497 e. The first kappa shape index (κ1) is 31.0. The van der Waals surface area contributed by atoms with Gasteiger partial charge in [-0.05, 0) is 80.6 Å². The van der Waals surface area contributed by atoms with Gasteiger partial charge in [0.1, 0.15) is 18.3 Å². The summed E-state index contributed by atoms with van der Waals surface area (Å²) in [5.41, 5.74) is 2.10. The fraction of sp³-hybridized carbons (Fsp3) is 0.333. The lowest BCUT2D eigenvalue weighted by Crippen LogP contribution is -2.51. The summed E-state index contributed by atoms with van der Waals surface area (Å²) >= 11 is 1.51. The lowest BCUT2D eigenvalue weighted by molar-refractivity contribution is -0.139. The summed E-state index contributed by atoms with van der Waals surface area (Å²) in [5, 5.41) is 2.84. The number of ether oxygens (including phenoxy) is 1. The van der Waals surface area contributed by atoms with Crippen LogP contribution < -0.4 is 14.4 Å². The van der Waals surface area contributed by atoms with Crippen LogP contribution in [-0.4, -0.2) is 57.6 Å². The van der Waals surface area contributed by atoms with Gasteiger partial charge in [-0.25, -0.2) is 8.42 Å². The highest BCUT2D eigenvalue weighted by Crippen LogP contribution is 2.26. The topological polar surface area (TPSA) is 96.0 Å². The van der Waals surface area contributed by atoms with Crippen molar-refractivity contribution in [2.45, 2.75) is 49.6 Å². The predicted molar refractivity (Wildman–Crippen MR) is 160 cm³/mol. The Bertz CT molecular complexity index is 1380. The average molecular weight is 584 g/mol. The molecule has 0 unspecified atom stereocenters. The number of thioether (sulfide) groups is 1. The standard InChI is InChI=1S/C30H37N3O5S2/c1-6-19-31-30(35)23(3)32(20-24-9-13-26(38-4)14-10-24)29(34)21-33(25-11-7-22(2)8-12-25)40(36,37)28-17-15-27(39-5)16-18-28/h7-18,23H,6,19-21H2,1-5H3,(H,31,35)/t23-/m0/s1. The fourth-order valence-electron chi connectivity index (χ4n) is 4.02. The SMILES string of the molecule is CCCNC(=O)[C@H](C)N(Cc1ccc(OC)cc1)C(=O)CN(c1ccc(C)cc1)S(=O)(=O)c1ccc(SC)cc1.